The minimum Gasteiger partial charge on any atom is -0.433 e. The maximum absolute atomic E-state index is 15.4. The summed E-state index contributed by atoms with van der Waals surface area (Å²) in [6.45, 7) is 4.41. The van der Waals surface area contributed by atoms with Crippen LogP contribution in [0.2, 0.25) is 0 Å². The molecule has 1 aliphatic heterocycles. The van der Waals surface area contributed by atoms with Crippen molar-refractivity contribution in [2.24, 2.45) is 0 Å². The Morgan fingerprint density at radius 1 is 1.00 bits per heavy atom. The molecule has 13 nitrogen and oxygen atoms in total. The van der Waals surface area contributed by atoms with E-state index >= 15 is 4.39 Å². The number of thiazole rings is 1. The predicted octanol–water partition coefficient (Wildman–Crippen LogP) is 5.54. The minimum absolute atomic E-state index is 0.0755. The second kappa shape index (κ2) is 18.0. The van der Waals surface area contributed by atoms with Crippen LogP contribution < -0.4 is 0 Å². The van der Waals surface area contributed by atoms with E-state index in [9.17, 15) is 24.3 Å². The number of aliphatic hydroxyl groups excluding tert-OH is 1. The van der Waals surface area contributed by atoms with Crippen molar-refractivity contribution in [1.29, 1.82) is 5.26 Å². The maximum Gasteiger partial charge on any atom is 0.511 e. The highest BCUT2D eigenvalue weighted by Gasteiger charge is 2.32. The predicted molar refractivity (Wildman–Crippen MR) is 192 cm³/mol. The topological polar surface area (TPSA) is 156 Å². The number of rotatable bonds is 14. The second-order valence-corrected chi connectivity index (χ2v) is 13.5. The quantitative estimate of drug-likeness (QED) is 0.112. The third kappa shape index (κ3) is 9.88. The lowest BCUT2D eigenvalue weighted by Crippen LogP contribution is -2.49. The first-order valence-corrected chi connectivity index (χ1v) is 18.0. The number of esters is 1. The molecule has 0 amide bonds. The van der Waals surface area contributed by atoms with E-state index in [1.807, 2.05) is 11.0 Å². The number of piperazine rings is 1. The van der Waals surface area contributed by atoms with E-state index in [-0.39, 0.29) is 24.3 Å². The summed E-state index contributed by atoms with van der Waals surface area (Å²) >= 11 is 1.26. The number of aromatic nitrogens is 4. The van der Waals surface area contributed by atoms with Crippen LogP contribution in [0.15, 0.2) is 84.8 Å². The van der Waals surface area contributed by atoms with Gasteiger partial charge in [-0.25, -0.2) is 28.3 Å². The normalized spacial score (nSPS) is 15.2. The van der Waals surface area contributed by atoms with Crippen LogP contribution in [0.1, 0.15) is 50.8 Å². The molecule has 2 aromatic heterocycles. The van der Waals surface area contributed by atoms with Crippen LogP contribution in [-0.4, -0.2) is 92.6 Å². The van der Waals surface area contributed by atoms with Gasteiger partial charge in [0.2, 0.25) is 6.79 Å². The second-order valence-electron chi connectivity index (χ2n) is 12.7. The average Bonchev–Trinajstić information content (AvgIpc) is 3.88. The Morgan fingerprint density at radius 3 is 2.50 bits per heavy atom. The van der Waals surface area contributed by atoms with Gasteiger partial charge in [0.25, 0.3) is 0 Å². The molecule has 5 aromatic rings. The number of carbonyl (C=O) groups is 2. The summed E-state index contributed by atoms with van der Waals surface area (Å²) in [5.74, 6) is -3.80. The Hall–Kier alpha value is -5.60. The number of nitrogens with zero attached hydrogens (tertiary/aromatic N) is 7. The van der Waals surface area contributed by atoms with E-state index in [0.29, 0.717) is 22.8 Å². The molecule has 0 bridgehead atoms. The minimum atomic E-state index is -1.14. The first kappa shape index (κ1) is 38.1. The molecule has 0 spiro atoms. The van der Waals surface area contributed by atoms with Crippen LogP contribution in [0.5, 0.6) is 0 Å². The highest BCUT2D eigenvalue weighted by molar-refractivity contribution is 7.10. The van der Waals surface area contributed by atoms with Gasteiger partial charge in [-0.3, -0.25) is 14.5 Å². The number of benzene rings is 3. The standard InChI is InChI=1S/C38H37F2N7O6S/c1-25(48)46-13-11-45(12-14-46)18-27-3-2-4-29(15-27)37(49)52-24-53-38(50)51-20-33(36-44-35(21-54-36)28-7-5-26(17-41)6-8-28)32(19-47-23-42-22-43-47)31-10-9-30(39)16-34(31)40/h2-10,15-16,21-23,25,32-33,48H,11-14,18-20,24H2,1H3/t25?,32-,33-/m0/s1. The highest BCUT2D eigenvalue weighted by atomic mass is 32.1. The summed E-state index contributed by atoms with van der Waals surface area (Å²) in [7, 11) is 0. The Kier molecular flexibility index (Phi) is 12.7. The smallest absolute Gasteiger partial charge is 0.433 e. The lowest BCUT2D eigenvalue weighted by atomic mass is 9.86. The largest absolute Gasteiger partial charge is 0.511 e. The fourth-order valence-electron chi connectivity index (χ4n) is 6.20. The number of hydrogen-bond donors (Lipinski definition) is 1. The van der Waals surface area contributed by atoms with E-state index < -0.39 is 48.6 Å². The van der Waals surface area contributed by atoms with E-state index in [1.54, 1.807) is 54.8 Å². The lowest BCUT2D eigenvalue weighted by molar-refractivity contribution is -0.0292. The molecular formula is C38H37F2N7O6S. The van der Waals surface area contributed by atoms with E-state index in [0.717, 1.165) is 49.4 Å². The van der Waals surface area contributed by atoms with Gasteiger partial charge in [-0.1, -0.05) is 30.3 Å². The molecule has 3 aromatic carbocycles. The van der Waals surface area contributed by atoms with Gasteiger partial charge in [0.05, 0.1) is 35.4 Å². The molecule has 0 saturated carbocycles. The monoisotopic (exact) mass is 757 g/mol. The molecule has 280 valence electrons. The third-order valence-corrected chi connectivity index (χ3v) is 10.1. The van der Waals surface area contributed by atoms with Crippen molar-refractivity contribution >= 4 is 23.5 Å². The van der Waals surface area contributed by atoms with E-state index in [4.69, 9.17) is 19.2 Å². The van der Waals surface area contributed by atoms with Crippen molar-refractivity contribution in [2.75, 3.05) is 39.6 Å². The number of ether oxygens (including phenoxy) is 3. The van der Waals surface area contributed by atoms with Crippen molar-refractivity contribution in [3.63, 3.8) is 0 Å². The van der Waals surface area contributed by atoms with Crippen LogP contribution in [0.25, 0.3) is 11.3 Å². The van der Waals surface area contributed by atoms with Crippen LogP contribution in [0.4, 0.5) is 13.6 Å². The van der Waals surface area contributed by atoms with Gasteiger partial charge < -0.3 is 19.3 Å². The number of hydrogen-bond acceptors (Lipinski definition) is 13. The van der Waals surface area contributed by atoms with Crippen molar-refractivity contribution < 1.29 is 37.7 Å². The zero-order valence-electron chi connectivity index (χ0n) is 29.3. The van der Waals surface area contributed by atoms with Crippen LogP contribution in [-0.2, 0) is 27.3 Å². The molecule has 0 radical (unpaired) electrons. The molecular weight excluding hydrogens is 721 g/mol. The maximum atomic E-state index is 15.4. The molecule has 3 heterocycles. The number of nitriles is 1. The third-order valence-electron chi connectivity index (χ3n) is 9.10. The van der Waals surface area contributed by atoms with Gasteiger partial charge in [0.15, 0.2) is 0 Å². The Balaban J connectivity index is 1.12. The summed E-state index contributed by atoms with van der Waals surface area (Å²) in [4.78, 5) is 38.7. The summed E-state index contributed by atoms with van der Waals surface area (Å²) in [6.07, 6.45) is 1.15. The zero-order valence-corrected chi connectivity index (χ0v) is 30.1. The Bertz CT molecular complexity index is 2060. The Labute approximate surface area is 314 Å². The number of aliphatic hydroxyl groups is 1. The summed E-state index contributed by atoms with van der Waals surface area (Å²) < 4.78 is 46.7. The fourth-order valence-corrected chi connectivity index (χ4v) is 7.18. The van der Waals surface area contributed by atoms with Gasteiger partial charge in [-0.05, 0) is 48.4 Å². The number of carbonyl (C=O) groups excluding carboxylic acids is 2. The SMILES string of the molecule is CC(O)N1CCN(Cc2cccc(C(=O)OCOC(=O)OC[C@H](c3nc(-c4ccc(C#N)cc4)cs3)[C@@H](Cn3cncn3)c3ccc(F)cc3F)c2)CC1. The first-order valence-electron chi connectivity index (χ1n) is 17.1. The highest BCUT2D eigenvalue weighted by Crippen LogP contribution is 2.39. The van der Waals surface area contributed by atoms with Crippen molar-refractivity contribution in [1.82, 2.24) is 29.5 Å². The average molecular weight is 758 g/mol. The lowest BCUT2D eigenvalue weighted by Gasteiger charge is -2.36. The van der Waals surface area contributed by atoms with Gasteiger partial charge in [0.1, 0.15) is 42.1 Å². The van der Waals surface area contributed by atoms with Crippen LogP contribution in [0.3, 0.4) is 0 Å². The zero-order chi connectivity index (χ0) is 38.0. The molecule has 6 rings (SSSR count). The van der Waals surface area contributed by atoms with Crippen LogP contribution >= 0.6 is 11.3 Å². The van der Waals surface area contributed by atoms with Gasteiger partial charge in [-0.2, -0.15) is 10.4 Å². The molecule has 54 heavy (non-hydrogen) atoms. The molecule has 1 aliphatic rings. The summed E-state index contributed by atoms with van der Waals surface area (Å²) in [5, 5.41) is 25.4. The van der Waals surface area contributed by atoms with Crippen molar-refractivity contribution in [3.05, 3.63) is 124 Å². The van der Waals surface area contributed by atoms with E-state index in [2.05, 4.69) is 21.1 Å². The first-order chi connectivity index (χ1) is 26.2. The molecule has 0 aliphatic carbocycles. The molecule has 1 fully saturated rings. The molecule has 3 atom stereocenters. The van der Waals surface area contributed by atoms with Gasteiger partial charge in [0, 0.05) is 55.7 Å². The summed E-state index contributed by atoms with van der Waals surface area (Å²) in [6, 6.07) is 19.2. The Morgan fingerprint density at radius 2 is 1.80 bits per heavy atom. The summed E-state index contributed by atoms with van der Waals surface area (Å²) in [5.41, 5.74) is 3.13. The molecule has 16 heteroatoms. The molecule has 1 N–H and O–H groups in total. The number of halogens is 2. The molecule has 1 unspecified atom stereocenters. The van der Waals surface area contributed by atoms with Gasteiger partial charge in [-0.15, -0.1) is 11.3 Å². The fraction of sp³-hybridized carbons (Fsp3) is 0.316. The molecule has 1 saturated heterocycles. The van der Waals surface area contributed by atoms with E-state index in [1.165, 1.54) is 34.7 Å². The van der Waals surface area contributed by atoms with Gasteiger partial charge >= 0.3 is 12.1 Å². The van der Waals surface area contributed by atoms with Crippen molar-refractivity contribution in [2.45, 2.75) is 38.1 Å². The van der Waals surface area contributed by atoms with Crippen molar-refractivity contribution in [3.8, 4) is 17.3 Å². The van der Waals surface area contributed by atoms with Crippen LogP contribution in [0, 0.1) is 23.0 Å².